The summed E-state index contributed by atoms with van der Waals surface area (Å²) in [7, 11) is 0. The van der Waals surface area contributed by atoms with Crippen molar-refractivity contribution in [1.29, 1.82) is 0 Å². The van der Waals surface area contributed by atoms with Crippen LogP contribution in [0.5, 0.6) is 11.5 Å². The van der Waals surface area contributed by atoms with Crippen molar-refractivity contribution < 1.29 is 32.9 Å². The molecular weight excluding hydrogens is 288 g/mol. The van der Waals surface area contributed by atoms with Gasteiger partial charge in [0.1, 0.15) is 11.6 Å². The van der Waals surface area contributed by atoms with E-state index in [1.54, 1.807) is 6.92 Å². The van der Waals surface area contributed by atoms with Crippen LogP contribution in [0.3, 0.4) is 0 Å². The highest BCUT2D eigenvalue weighted by Gasteiger charge is 2.26. The molecule has 0 aliphatic carbocycles. The smallest absolute Gasteiger partial charge is 0.414 e. The molecule has 0 aliphatic heterocycles. The number of carbonyl (C=O) groups is 1. The molecule has 2 aromatic rings. The summed E-state index contributed by atoms with van der Waals surface area (Å²) in [5.74, 6) is -4.98. The van der Waals surface area contributed by atoms with E-state index >= 15 is 0 Å². The lowest BCUT2D eigenvalue weighted by Crippen LogP contribution is -2.12. The van der Waals surface area contributed by atoms with Crippen molar-refractivity contribution >= 4 is 12.0 Å². The van der Waals surface area contributed by atoms with Gasteiger partial charge in [-0.3, -0.25) is 5.32 Å². The summed E-state index contributed by atoms with van der Waals surface area (Å²) >= 11 is 0. The van der Waals surface area contributed by atoms with Crippen LogP contribution in [-0.2, 0) is 4.74 Å². The monoisotopic (exact) mass is 299 g/mol. The van der Waals surface area contributed by atoms with Crippen molar-refractivity contribution in [3.63, 3.8) is 0 Å². The molecule has 1 heterocycles. The SMILES string of the molecule is CCOC(=O)Nc1oc(-c2c(F)cccc2F)c(O)c1O. The van der Waals surface area contributed by atoms with Crippen molar-refractivity contribution in [2.45, 2.75) is 6.92 Å². The van der Waals surface area contributed by atoms with Crippen molar-refractivity contribution in [3.8, 4) is 22.8 Å². The Balaban J connectivity index is 2.45. The number of benzene rings is 1. The molecule has 0 spiro atoms. The fourth-order valence-electron chi connectivity index (χ4n) is 1.64. The summed E-state index contributed by atoms with van der Waals surface area (Å²) in [5.41, 5.74) is -0.665. The van der Waals surface area contributed by atoms with Gasteiger partial charge in [-0.25, -0.2) is 13.6 Å². The van der Waals surface area contributed by atoms with E-state index in [2.05, 4.69) is 4.74 Å². The molecule has 8 heteroatoms. The fraction of sp³-hybridized carbons (Fsp3) is 0.154. The summed E-state index contributed by atoms with van der Waals surface area (Å²) in [4.78, 5) is 11.2. The highest BCUT2D eigenvalue weighted by atomic mass is 19.1. The van der Waals surface area contributed by atoms with Gasteiger partial charge in [0, 0.05) is 0 Å². The first-order valence-electron chi connectivity index (χ1n) is 5.88. The molecule has 0 saturated carbocycles. The predicted octanol–water partition coefficient (Wildman–Crippen LogP) is 3.20. The molecule has 1 amide bonds. The Kier molecular flexibility index (Phi) is 3.97. The molecule has 0 fully saturated rings. The molecule has 1 aromatic carbocycles. The molecule has 0 unspecified atom stereocenters. The van der Waals surface area contributed by atoms with Crippen molar-refractivity contribution in [2.75, 3.05) is 11.9 Å². The highest BCUT2D eigenvalue weighted by molar-refractivity contribution is 5.87. The van der Waals surface area contributed by atoms with Crippen molar-refractivity contribution in [3.05, 3.63) is 29.8 Å². The molecule has 0 saturated heterocycles. The third-order valence-corrected chi connectivity index (χ3v) is 2.54. The number of hydrogen-bond donors (Lipinski definition) is 3. The minimum Gasteiger partial charge on any atom is -0.502 e. The summed E-state index contributed by atoms with van der Waals surface area (Å²) in [5, 5.41) is 21.3. The Hall–Kier alpha value is -2.77. The zero-order chi connectivity index (χ0) is 15.6. The Morgan fingerprint density at radius 1 is 1.29 bits per heavy atom. The zero-order valence-electron chi connectivity index (χ0n) is 10.8. The number of rotatable bonds is 3. The topological polar surface area (TPSA) is 91.9 Å². The van der Waals surface area contributed by atoms with Crippen LogP contribution in [0.2, 0.25) is 0 Å². The number of ether oxygens (including phenoxy) is 1. The Morgan fingerprint density at radius 3 is 2.48 bits per heavy atom. The second-order valence-electron chi connectivity index (χ2n) is 3.90. The summed E-state index contributed by atoms with van der Waals surface area (Å²) in [6.07, 6.45) is -0.956. The number of furan rings is 1. The Labute approximate surface area is 117 Å². The minimum atomic E-state index is -0.998. The van der Waals surface area contributed by atoms with E-state index in [0.717, 1.165) is 18.2 Å². The van der Waals surface area contributed by atoms with E-state index in [4.69, 9.17) is 4.42 Å². The van der Waals surface area contributed by atoms with Crippen LogP contribution >= 0.6 is 0 Å². The number of nitrogens with one attached hydrogen (secondary N) is 1. The normalized spacial score (nSPS) is 10.4. The summed E-state index contributed by atoms with van der Waals surface area (Å²) in [6, 6.07) is 3.04. The van der Waals surface area contributed by atoms with Crippen LogP contribution in [0, 0.1) is 11.6 Å². The predicted molar refractivity (Wildman–Crippen MR) is 68.0 cm³/mol. The molecule has 0 atom stereocenters. The third-order valence-electron chi connectivity index (χ3n) is 2.54. The van der Waals surface area contributed by atoms with Gasteiger partial charge < -0.3 is 19.4 Å². The molecule has 1 aromatic heterocycles. The largest absolute Gasteiger partial charge is 0.502 e. The van der Waals surface area contributed by atoms with E-state index < -0.39 is 46.4 Å². The number of hydrogen-bond acceptors (Lipinski definition) is 5. The molecule has 0 bridgehead atoms. The maximum absolute atomic E-state index is 13.6. The van der Waals surface area contributed by atoms with Crippen LogP contribution in [-0.4, -0.2) is 22.9 Å². The first-order valence-corrected chi connectivity index (χ1v) is 5.88. The molecular formula is C13H11F2NO5. The lowest BCUT2D eigenvalue weighted by Gasteiger charge is -2.02. The van der Waals surface area contributed by atoms with Gasteiger partial charge in [-0.05, 0) is 19.1 Å². The van der Waals surface area contributed by atoms with Crippen LogP contribution in [0.25, 0.3) is 11.3 Å². The van der Waals surface area contributed by atoms with Gasteiger partial charge in [0.25, 0.3) is 0 Å². The Morgan fingerprint density at radius 2 is 1.90 bits per heavy atom. The molecule has 3 N–H and O–H groups in total. The van der Waals surface area contributed by atoms with E-state index in [9.17, 15) is 23.8 Å². The van der Waals surface area contributed by atoms with E-state index in [-0.39, 0.29) is 6.61 Å². The van der Waals surface area contributed by atoms with Crippen LogP contribution in [0.1, 0.15) is 6.92 Å². The highest BCUT2D eigenvalue weighted by Crippen LogP contribution is 2.46. The van der Waals surface area contributed by atoms with Gasteiger partial charge in [-0.1, -0.05) is 6.07 Å². The van der Waals surface area contributed by atoms with E-state index in [1.165, 1.54) is 0 Å². The average Bonchev–Trinajstić information content (AvgIpc) is 2.68. The third kappa shape index (κ3) is 2.73. The average molecular weight is 299 g/mol. The van der Waals surface area contributed by atoms with E-state index in [1.807, 2.05) is 5.32 Å². The molecule has 2 rings (SSSR count). The lowest BCUT2D eigenvalue weighted by atomic mass is 10.1. The van der Waals surface area contributed by atoms with Crippen LogP contribution < -0.4 is 5.32 Å². The first-order chi connectivity index (χ1) is 9.95. The summed E-state index contributed by atoms with van der Waals surface area (Å²) in [6.45, 7) is 1.62. The van der Waals surface area contributed by atoms with Gasteiger partial charge in [-0.15, -0.1) is 0 Å². The lowest BCUT2D eigenvalue weighted by molar-refractivity contribution is 0.167. The van der Waals surface area contributed by atoms with Crippen LogP contribution in [0.4, 0.5) is 19.5 Å². The molecule has 0 aliphatic rings. The quantitative estimate of drug-likeness (QED) is 0.809. The number of carbonyl (C=O) groups excluding carboxylic acids is 1. The number of anilines is 1. The van der Waals surface area contributed by atoms with Crippen LogP contribution in [0.15, 0.2) is 22.6 Å². The van der Waals surface area contributed by atoms with Crippen molar-refractivity contribution in [2.24, 2.45) is 0 Å². The first kappa shape index (κ1) is 14.6. The van der Waals surface area contributed by atoms with Crippen molar-refractivity contribution in [1.82, 2.24) is 0 Å². The number of amides is 1. The Bertz CT molecular complexity index is 663. The standard InChI is InChI=1S/C13H11F2NO5/c1-2-20-13(19)16-12-10(18)9(17)11(21-12)8-6(14)4-3-5-7(8)15/h3-5,17-18H,2H2,1H3,(H,16,19). The van der Waals surface area contributed by atoms with Gasteiger partial charge in [-0.2, -0.15) is 0 Å². The van der Waals surface area contributed by atoms with Gasteiger partial charge in [0.15, 0.2) is 5.76 Å². The summed E-state index contributed by atoms with van der Waals surface area (Å²) < 4.78 is 36.7. The second kappa shape index (κ2) is 5.70. The molecule has 112 valence electrons. The van der Waals surface area contributed by atoms with Gasteiger partial charge in [0.05, 0.1) is 12.2 Å². The zero-order valence-corrected chi connectivity index (χ0v) is 10.8. The van der Waals surface area contributed by atoms with Gasteiger partial charge in [0.2, 0.25) is 17.4 Å². The maximum Gasteiger partial charge on any atom is 0.414 e. The molecule has 6 nitrogen and oxygen atoms in total. The number of halogens is 2. The fourth-order valence-corrected chi connectivity index (χ4v) is 1.64. The van der Waals surface area contributed by atoms with E-state index in [0.29, 0.717) is 0 Å². The second-order valence-corrected chi connectivity index (χ2v) is 3.90. The minimum absolute atomic E-state index is 0.0636. The maximum atomic E-state index is 13.6. The number of aromatic hydroxyl groups is 2. The molecule has 21 heavy (non-hydrogen) atoms. The van der Waals surface area contributed by atoms with Gasteiger partial charge >= 0.3 is 6.09 Å². The molecule has 0 radical (unpaired) electrons.